The number of anilines is 1. The molecular formula is C26H28N6O4S. The maximum atomic E-state index is 11.5. The molecule has 0 bridgehead atoms. The first-order valence-electron chi connectivity index (χ1n) is 12.4. The van der Waals surface area contributed by atoms with Gasteiger partial charge in [0.05, 0.1) is 35.8 Å². The average Bonchev–Trinajstić information content (AvgIpc) is 3.50. The van der Waals surface area contributed by atoms with Gasteiger partial charge >= 0.3 is 12.0 Å². The van der Waals surface area contributed by atoms with E-state index >= 15 is 0 Å². The van der Waals surface area contributed by atoms with E-state index in [2.05, 4.69) is 23.7 Å². The molecule has 4 heterocycles. The molecule has 2 aromatic heterocycles. The molecule has 192 valence electrons. The summed E-state index contributed by atoms with van der Waals surface area (Å²) in [5.41, 5.74) is 3.02. The number of hydrogen-bond donors (Lipinski definition) is 1. The predicted octanol–water partition coefficient (Wildman–Crippen LogP) is 3.28. The lowest BCUT2D eigenvalue weighted by Crippen LogP contribution is -2.46. The van der Waals surface area contributed by atoms with Crippen molar-refractivity contribution in [1.29, 1.82) is 0 Å². The van der Waals surface area contributed by atoms with Gasteiger partial charge in [-0.2, -0.15) is 4.98 Å². The van der Waals surface area contributed by atoms with Crippen LogP contribution >= 0.6 is 11.5 Å². The van der Waals surface area contributed by atoms with E-state index < -0.39 is 5.97 Å². The molecule has 10 nitrogen and oxygen atoms in total. The summed E-state index contributed by atoms with van der Waals surface area (Å²) in [5.74, 6) is 0.00604. The zero-order valence-corrected chi connectivity index (χ0v) is 21.1. The maximum absolute atomic E-state index is 11.5. The van der Waals surface area contributed by atoms with Crippen LogP contribution in [0.25, 0.3) is 11.0 Å². The van der Waals surface area contributed by atoms with Gasteiger partial charge in [-0.25, -0.2) is 9.78 Å². The molecule has 6 rings (SSSR count). The number of ether oxygens (including phenoxy) is 2. The lowest BCUT2D eigenvalue weighted by molar-refractivity contribution is -0.0592. The Kier molecular flexibility index (Phi) is 6.73. The number of fused-ring (bicyclic) bond motifs is 1. The summed E-state index contributed by atoms with van der Waals surface area (Å²) in [7, 11) is 0. The average molecular weight is 521 g/mol. The van der Waals surface area contributed by atoms with Crippen LogP contribution in [0, 0.1) is 0 Å². The molecule has 2 aliphatic rings. The van der Waals surface area contributed by atoms with E-state index in [1.165, 1.54) is 11.5 Å². The first-order valence-corrected chi connectivity index (χ1v) is 13.2. The minimum absolute atomic E-state index is 0.150. The molecule has 0 spiro atoms. The van der Waals surface area contributed by atoms with Crippen molar-refractivity contribution in [3.05, 3.63) is 65.5 Å². The lowest BCUT2D eigenvalue weighted by Gasteiger charge is -2.34. The smallest absolute Gasteiger partial charge is 0.335 e. The van der Waals surface area contributed by atoms with Crippen molar-refractivity contribution < 1.29 is 19.4 Å². The van der Waals surface area contributed by atoms with E-state index in [0.29, 0.717) is 25.7 Å². The molecule has 2 aromatic carbocycles. The Hall–Kier alpha value is -3.54. The number of rotatable bonds is 9. The van der Waals surface area contributed by atoms with E-state index in [1.54, 1.807) is 18.2 Å². The van der Waals surface area contributed by atoms with Crippen molar-refractivity contribution in [2.75, 3.05) is 37.7 Å². The van der Waals surface area contributed by atoms with Gasteiger partial charge in [0.1, 0.15) is 12.4 Å². The monoisotopic (exact) mass is 520 g/mol. The number of aromatic nitrogens is 4. The number of imidazole rings is 1. The molecule has 0 unspecified atom stereocenters. The predicted molar refractivity (Wildman–Crippen MR) is 139 cm³/mol. The third-order valence-electron chi connectivity index (χ3n) is 6.87. The summed E-state index contributed by atoms with van der Waals surface area (Å²) in [4.78, 5) is 25.6. The van der Waals surface area contributed by atoms with Crippen molar-refractivity contribution in [1.82, 2.24) is 23.8 Å². The van der Waals surface area contributed by atoms with Crippen LogP contribution in [0.1, 0.15) is 28.2 Å². The topological polar surface area (TPSA) is 106 Å². The molecule has 1 N–H and O–H groups in total. The first kappa shape index (κ1) is 23.8. The fraction of sp³-hybridized carbons (Fsp3) is 0.385. The highest BCUT2D eigenvalue weighted by atomic mass is 32.1. The highest BCUT2D eigenvalue weighted by molar-refractivity contribution is 7.09. The second-order valence-corrected chi connectivity index (χ2v) is 10.1. The third-order valence-corrected chi connectivity index (χ3v) is 7.63. The van der Waals surface area contributed by atoms with Crippen LogP contribution in [-0.2, 0) is 24.4 Å². The molecule has 2 fully saturated rings. The second kappa shape index (κ2) is 10.4. The van der Waals surface area contributed by atoms with Crippen molar-refractivity contribution in [2.24, 2.45) is 0 Å². The second-order valence-electron chi connectivity index (χ2n) is 9.33. The van der Waals surface area contributed by atoms with Crippen LogP contribution in [0.5, 0.6) is 6.01 Å². The van der Waals surface area contributed by atoms with Gasteiger partial charge < -0.3 is 24.0 Å². The molecular weight excluding hydrogens is 492 g/mol. The van der Waals surface area contributed by atoms with E-state index in [9.17, 15) is 9.90 Å². The van der Waals surface area contributed by atoms with Gasteiger partial charge in [0.15, 0.2) is 0 Å². The number of benzene rings is 2. The van der Waals surface area contributed by atoms with E-state index in [-0.39, 0.29) is 11.7 Å². The number of aromatic carboxylic acids is 1. The van der Waals surface area contributed by atoms with Crippen LogP contribution in [-0.4, -0.2) is 73.8 Å². The third kappa shape index (κ3) is 5.29. The molecule has 0 amide bonds. The summed E-state index contributed by atoms with van der Waals surface area (Å²) < 4.78 is 18.0. The van der Waals surface area contributed by atoms with Gasteiger partial charge in [-0.05, 0) is 30.2 Å². The van der Waals surface area contributed by atoms with Crippen LogP contribution in [0.3, 0.4) is 0 Å². The molecule has 2 aliphatic heterocycles. The molecule has 0 saturated carbocycles. The fourth-order valence-electron chi connectivity index (χ4n) is 4.67. The Morgan fingerprint density at radius 1 is 1.11 bits per heavy atom. The maximum Gasteiger partial charge on any atom is 0.335 e. The minimum atomic E-state index is -0.933. The molecule has 0 radical (unpaired) electrons. The van der Waals surface area contributed by atoms with Crippen molar-refractivity contribution in [3.8, 4) is 6.01 Å². The van der Waals surface area contributed by atoms with Gasteiger partial charge in [0.2, 0.25) is 5.13 Å². The quantitative estimate of drug-likeness (QED) is 0.356. The van der Waals surface area contributed by atoms with E-state index in [0.717, 1.165) is 66.8 Å². The summed E-state index contributed by atoms with van der Waals surface area (Å²) in [6, 6.07) is 15.5. The number of hydrogen-bond acceptors (Lipinski definition) is 9. The van der Waals surface area contributed by atoms with Crippen molar-refractivity contribution in [3.63, 3.8) is 0 Å². The number of carboxylic acids is 1. The lowest BCUT2D eigenvalue weighted by atomic mass is 10.1. The Balaban J connectivity index is 1.10. The van der Waals surface area contributed by atoms with Gasteiger partial charge in [0, 0.05) is 44.3 Å². The Labute approximate surface area is 218 Å². The fourth-order valence-corrected chi connectivity index (χ4v) is 5.34. The van der Waals surface area contributed by atoms with Crippen LogP contribution in [0.15, 0.2) is 48.5 Å². The van der Waals surface area contributed by atoms with Gasteiger partial charge in [-0.15, -0.1) is 4.37 Å². The molecule has 4 aromatic rings. The zero-order chi connectivity index (χ0) is 25.2. The van der Waals surface area contributed by atoms with Gasteiger partial charge in [-0.1, -0.05) is 30.3 Å². The standard InChI is InChI=1S/C26H28N6O4S/c33-24(34)19-6-7-21-22(14-19)32(15-20-8-13-35-20)23(27-21)16-30-9-11-31(12-10-30)26-28-25(29-37-26)36-17-18-4-2-1-3-5-18/h1-7,14,20H,8-13,15-17H2,(H,33,34)/t20-/m0/s1. The number of piperazine rings is 1. The summed E-state index contributed by atoms with van der Waals surface area (Å²) in [6.45, 7) is 6.01. The van der Waals surface area contributed by atoms with Gasteiger partial charge in [0.25, 0.3) is 0 Å². The van der Waals surface area contributed by atoms with Crippen LogP contribution in [0.2, 0.25) is 0 Å². The molecule has 0 aliphatic carbocycles. The minimum Gasteiger partial charge on any atom is -0.478 e. The van der Waals surface area contributed by atoms with Crippen LogP contribution < -0.4 is 9.64 Å². The number of carbonyl (C=O) groups is 1. The Morgan fingerprint density at radius 2 is 1.92 bits per heavy atom. The zero-order valence-electron chi connectivity index (χ0n) is 20.3. The number of nitrogens with zero attached hydrogens (tertiary/aromatic N) is 6. The highest BCUT2D eigenvalue weighted by Crippen LogP contribution is 2.25. The van der Waals surface area contributed by atoms with Crippen molar-refractivity contribution >= 4 is 33.7 Å². The van der Waals surface area contributed by atoms with Gasteiger partial charge in [-0.3, -0.25) is 4.90 Å². The normalized spacial score (nSPS) is 18.2. The van der Waals surface area contributed by atoms with E-state index in [1.807, 2.05) is 30.3 Å². The largest absolute Gasteiger partial charge is 0.478 e. The molecule has 11 heteroatoms. The Bertz CT molecular complexity index is 1380. The highest BCUT2D eigenvalue weighted by Gasteiger charge is 2.25. The first-order chi connectivity index (χ1) is 18.1. The summed E-state index contributed by atoms with van der Waals surface area (Å²) >= 11 is 1.36. The summed E-state index contributed by atoms with van der Waals surface area (Å²) in [6.07, 6.45) is 1.16. The molecule has 1 atom stereocenters. The summed E-state index contributed by atoms with van der Waals surface area (Å²) in [5, 5.41) is 10.3. The number of carboxylic acid groups (broad SMARTS) is 1. The molecule has 2 saturated heterocycles. The van der Waals surface area contributed by atoms with Crippen molar-refractivity contribution in [2.45, 2.75) is 32.2 Å². The van der Waals surface area contributed by atoms with E-state index in [4.69, 9.17) is 14.5 Å². The molecule has 37 heavy (non-hydrogen) atoms. The Morgan fingerprint density at radius 3 is 2.65 bits per heavy atom. The SMILES string of the molecule is O=C(O)c1ccc2nc(CN3CCN(c4nc(OCc5ccccc5)ns4)CC3)n(C[C@@H]3CCO3)c2c1. The van der Waals surface area contributed by atoms with Crippen LogP contribution in [0.4, 0.5) is 5.13 Å².